The molecule has 1 aliphatic rings. The van der Waals surface area contributed by atoms with Crippen LogP contribution in [0.3, 0.4) is 0 Å². The summed E-state index contributed by atoms with van der Waals surface area (Å²) in [6, 6.07) is 4.92. The number of aryl methyl sites for hydroxylation is 2. The van der Waals surface area contributed by atoms with Crippen LogP contribution in [-0.2, 0) is 12.8 Å². The van der Waals surface area contributed by atoms with Crippen LogP contribution in [0, 0.1) is 11.8 Å². The van der Waals surface area contributed by atoms with Crippen molar-refractivity contribution in [1.82, 2.24) is 0 Å². The minimum absolute atomic E-state index is 1.00. The fourth-order valence-corrected chi connectivity index (χ4v) is 6.64. The number of hydrogen-bond acceptors (Lipinski definition) is 2. The van der Waals surface area contributed by atoms with Crippen LogP contribution < -0.4 is 0 Å². The van der Waals surface area contributed by atoms with Gasteiger partial charge in [0.05, 0.1) is 0 Å². The first kappa shape index (κ1) is 17.5. The van der Waals surface area contributed by atoms with Crippen LogP contribution in [0.4, 0.5) is 0 Å². The van der Waals surface area contributed by atoms with Gasteiger partial charge in [0.15, 0.2) is 0 Å². The molecule has 0 amide bonds. The molecule has 0 aromatic carbocycles. The summed E-state index contributed by atoms with van der Waals surface area (Å²) in [5, 5.41) is 0. The number of thiophene rings is 2. The van der Waals surface area contributed by atoms with Gasteiger partial charge in [-0.2, -0.15) is 0 Å². The van der Waals surface area contributed by atoms with Crippen LogP contribution in [0.1, 0.15) is 81.4 Å². The lowest BCUT2D eigenvalue weighted by atomic mass is 9.78. The highest BCUT2D eigenvalue weighted by Crippen LogP contribution is 2.37. The summed E-state index contributed by atoms with van der Waals surface area (Å²) < 4.78 is 3.08. The molecule has 23 heavy (non-hydrogen) atoms. The minimum Gasteiger partial charge on any atom is -0.139 e. The molecule has 2 heteroatoms. The molecule has 0 nitrogen and oxygen atoms in total. The third kappa shape index (κ3) is 4.82. The first-order valence-electron chi connectivity index (χ1n) is 9.79. The van der Waals surface area contributed by atoms with E-state index in [1.54, 1.807) is 9.75 Å². The van der Waals surface area contributed by atoms with Gasteiger partial charge < -0.3 is 0 Å². The second-order valence-electron chi connectivity index (χ2n) is 7.47. The predicted molar refractivity (Wildman–Crippen MR) is 107 cm³/mol. The maximum absolute atomic E-state index is 2.48. The molecule has 128 valence electrons. The van der Waals surface area contributed by atoms with Gasteiger partial charge in [-0.3, -0.25) is 0 Å². The summed E-state index contributed by atoms with van der Waals surface area (Å²) in [6.07, 6.45) is 15.6. The summed E-state index contributed by atoms with van der Waals surface area (Å²) in [6.45, 7) is 4.60. The van der Waals surface area contributed by atoms with Gasteiger partial charge in [0, 0.05) is 19.2 Å². The van der Waals surface area contributed by atoms with E-state index in [1.807, 2.05) is 11.3 Å². The fraction of sp³-hybridized carbons (Fsp3) is 0.714. The van der Waals surface area contributed by atoms with Gasteiger partial charge in [0.2, 0.25) is 0 Å². The van der Waals surface area contributed by atoms with Crippen molar-refractivity contribution >= 4 is 32.1 Å². The topological polar surface area (TPSA) is 0 Å². The molecule has 0 radical (unpaired) electrons. The quantitative estimate of drug-likeness (QED) is 0.455. The Bertz CT molecular complexity index is 553. The maximum atomic E-state index is 2.48. The molecular formula is C21H32S2. The van der Waals surface area contributed by atoms with Crippen molar-refractivity contribution in [3.63, 3.8) is 0 Å². The first-order valence-corrected chi connectivity index (χ1v) is 11.4. The molecule has 0 N–H and O–H groups in total. The standard InChI is InChI=1S/C21H32S2/c1-3-5-7-16-8-10-17(11-9-16)12-13-19-15-21-20(23-19)14-18(22-21)6-4-2/h14-17H,3-13H2,1-2H3. The van der Waals surface area contributed by atoms with E-state index in [0.717, 1.165) is 11.8 Å². The molecule has 0 bridgehead atoms. The predicted octanol–water partition coefficient (Wildman–Crippen LogP) is 7.84. The van der Waals surface area contributed by atoms with Gasteiger partial charge in [0.25, 0.3) is 0 Å². The van der Waals surface area contributed by atoms with Gasteiger partial charge in [-0.25, -0.2) is 0 Å². The molecular weight excluding hydrogens is 316 g/mol. The van der Waals surface area contributed by atoms with Crippen LogP contribution in [0.5, 0.6) is 0 Å². The lowest BCUT2D eigenvalue weighted by Crippen LogP contribution is -2.15. The van der Waals surface area contributed by atoms with Crippen LogP contribution >= 0.6 is 22.7 Å². The molecule has 0 saturated heterocycles. The Kier molecular flexibility index (Phi) is 6.59. The Hall–Kier alpha value is -0.340. The van der Waals surface area contributed by atoms with E-state index in [4.69, 9.17) is 0 Å². The van der Waals surface area contributed by atoms with Crippen molar-refractivity contribution in [1.29, 1.82) is 0 Å². The third-order valence-corrected chi connectivity index (χ3v) is 7.95. The van der Waals surface area contributed by atoms with Crippen molar-refractivity contribution in [3.8, 4) is 0 Å². The highest BCUT2D eigenvalue weighted by atomic mass is 32.1. The molecule has 0 unspecified atom stereocenters. The molecule has 0 atom stereocenters. The highest BCUT2D eigenvalue weighted by Gasteiger charge is 2.20. The Labute approximate surface area is 150 Å². The molecule has 2 aromatic heterocycles. The Balaban J connectivity index is 1.44. The Morgan fingerprint density at radius 1 is 0.783 bits per heavy atom. The van der Waals surface area contributed by atoms with Gasteiger partial charge in [0.1, 0.15) is 0 Å². The van der Waals surface area contributed by atoms with E-state index in [1.165, 1.54) is 80.0 Å². The fourth-order valence-electron chi connectivity index (χ4n) is 4.08. The molecule has 1 aliphatic carbocycles. The van der Waals surface area contributed by atoms with Crippen LogP contribution in [0.25, 0.3) is 9.40 Å². The second-order valence-corrected chi connectivity index (χ2v) is 9.81. The van der Waals surface area contributed by atoms with Crippen LogP contribution in [-0.4, -0.2) is 0 Å². The molecule has 3 rings (SSSR count). The Morgan fingerprint density at radius 2 is 1.35 bits per heavy atom. The van der Waals surface area contributed by atoms with Gasteiger partial charge in [-0.15, -0.1) is 22.7 Å². The number of fused-ring (bicyclic) bond motifs is 1. The summed E-state index contributed by atoms with van der Waals surface area (Å²) in [5.41, 5.74) is 0. The SMILES string of the molecule is CCCCC1CCC(CCc2cc3sc(CCC)cc3s2)CC1. The first-order chi connectivity index (χ1) is 11.3. The average Bonchev–Trinajstić information content (AvgIpc) is 3.10. The van der Waals surface area contributed by atoms with Crippen molar-refractivity contribution in [3.05, 3.63) is 21.9 Å². The molecule has 1 saturated carbocycles. The summed E-state index contributed by atoms with van der Waals surface area (Å²) in [4.78, 5) is 3.20. The zero-order valence-electron chi connectivity index (χ0n) is 14.9. The van der Waals surface area contributed by atoms with Gasteiger partial charge in [-0.05, 0) is 43.2 Å². The lowest BCUT2D eigenvalue weighted by molar-refractivity contribution is 0.250. The smallest absolute Gasteiger partial charge is 0.0456 e. The van der Waals surface area contributed by atoms with E-state index in [0.29, 0.717) is 0 Å². The van der Waals surface area contributed by atoms with Crippen molar-refractivity contribution < 1.29 is 0 Å². The van der Waals surface area contributed by atoms with E-state index < -0.39 is 0 Å². The van der Waals surface area contributed by atoms with E-state index in [-0.39, 0.29) is 0 Å². The molecule has 0 aliphatic heterocycles. The third-order valence-electron chi connectivity index (χ3n) is 5.54. The normalized spacial score (nSPS) is 22.0. The number of hydrogen-bond donors (Lipinski definition) is 0. The molecule has 0 spiro atoms. The van der Waals surface area contributed by atoms with Crippen LogP contribution in [0.2, 0.25) is 0 Å². The molecule has 1 fully saturated rings. The van der Waals surface area contributed by atoms with E-state index >= 15 is 0 Å². The summed E-state index contributed by atoms with van der Waals surface area (Å²) >= 11 is 4.08. The zero-order chi connectivity index (χ0) is 16.1. The van der Waals surface area contributed by atoms with Crippen LogP contribution in [0.15, 0.2) is 12.1 Å². The number of unbranched alkanes of at least 4 members (excludes halogenated alkanes) is 1. The minimum atomic E-state index is 1.00. The van der Waals surface area contributed by atoms with Gasteiger partial charge >= 0.3 is 0 Å². The average molecular weight is 349 g/mol. The molecule has 2 heterocycles. The zero-order valence-corrected chi connectivity index (χ0v) is 16.5. The highest BCUT2D eigenvalue weighted by molar-refractivity contribution is 7.27. The van der Waals surface area contributed by atoms with E-state index in [9.17, 15) is 0 Å². The maximum Gasteiger partial charge on any atom is 0.0456 e. The molecule has 2 aromatic rings. The van der Waals surface area contributed by atoms with Crippen molar-refractivity contribution in [2.45, 2.75) is 84.5 Å². The van der Waals surface area contributed by atoms with Gasteiger partial charge in [-0.1, -0.05) is 65.2 Å². The number of rotatable bonds is 8. The second kappa shape index (κ2) is 8.67. The summed E-state index contributed by atoms with van der Waals surface area (Å²) in [5.74, 6) is 2.05. The van der Waals surface area contributed by atoms with E-state index in [2.05, 4.69) is 37.3 Å². The lowest BCUT2D eigenvalue weighted by Gasteiger charge is -2.28. The van der Waals surface area contributed by atoms with Crippen molar-refractivity contribution in [2.24, 2.45) is 11.8 Å². The van der Waals surface area contributed by atoms with Crippen molar-refractivity contribution in [2.75, 3.05) is 0 Å². The largest absolute Gasteiger partial charge is 0.139 e. The monoisotopic (exact) mass is 348 g/mol. The Morgan fingerprint density at radius 3 is 1.91 bits per heavy atom. The summed E-state index contributed by atoms with van der Waals surface area (Å²) in [7, 11) is 0.